The van der Waals surface area contributed by atoms with Crippen LogP contribution in [-0.2, 0) is 19.7 Å². The monoisotopic (exact) mass is 436 g/mol. The zero-order valence-corrected chi connectivity index (χ0v) is 17.0. The van der Waals surface area contributed by atoms with Crippen molar-refractivity contribution in [3.05, 3.63) is 65.9 Å². The van der Waals surface area contributed by atoms with Crippen molar-refractivity contribution in [2.45, 2.75) is 19.8 Å². The Bertz CT molecular complexity index is 1240. The molecule has 1 aromatic heterocycles. The van der Waals surface area contributed by atoms with Crippen LogP contribution in [0.2, 0.25) is 0 Å². The molecular weight excluding hydrogens is 420 g/mol. The van der Waals surface area contributed by atoms with Gasteiger partial charge in [-0.05, 0) is 59.4 Å². The van der Waals surface area contributed by atoms with Crippen molar-refractivity contribution in [3.8, 4) is 11.5 Å². The van der Waals surface area contributed by atoms with Gasteiger partial charge in [-0.25, -0.2) is 16.8 Å². The summed E-state index contributed by atoms with van der Waals surface area (Å²) in [4.78, 5) is -0.484. The van der Waals surface area contributed by atoms with E-state index in [4.69, 9.17) is 9.47 Å². The molecule has 9 nitrogen and oxygen atoms in total. The van der Waals surface area contributed by atoms with Crippen LogP contribution in [0, 0.1) is 5.21 Å². The van der Waals surface area contributed by atoms with Gasteiger partial charge in [0, 0.05) is 11.2 Å². The van der Waals surface area contributed by atoms with E-state index in [9.17, 15) is 22.0 Å². The van der Waals surface area contributed by atoms with E-state index in [-0.39, 0.29) is 14.6 Å². The Kier molecular flexibility index (Phi) is 5.44. The predicted molar refractivity (Wildman–Crippen MR) is 100 cm³/mol. The topological polar surface area (TPSA) is 127 Å². The normalized spacial score (nSPS) is 11.8. The summed E-state index contributed by atoms with van der Waals surface area (Å²) in [7, 11) is -5.46. The molecule has 2 aromatic carbocycles. The fourth-order valence-electron chi connectivity index (χ4n) is 2.47. The largest absolute Gasteiger partial charge is 0.593 e. The second-order valence-electron chi connectivity index (χ2n) is 5.74. The minimum atomic E-state index is -4.21. The van der Waals surface area contributed by atoms with Crippen LogP contribution in [-0.4, -0.2) is 36.2 Å². The Morgan fingerprint density at radius 2 is 1.17 bits per heavy atom. The molecule has 29 heavy (non-hydrogen) atoms. The summed E-state index contributed by atoms with van der Waals surface area (Å²) in [5.41, 5.74) is 0. The Morgan fingerprint density at radius 3 is 1.59 bits per heavy atom. The molecule has 3 rings (SSSR count). The van der Waals surface area contributed by atoms with Crippen molar-refractivity contribution in [2.24, 2.45) is 0 Å². The maximum Gasteiger partial charge on any atom is 0.339 e. The summed E-state index contributed by atoms with van der Waals surface area (Å²) in [6.45, 7) is 0. The maximum absolute atomic E-state index is 12.7. The zero-order chi connectivity index (χ0) is 21.2. The molecule has 0 aliphatic heterocycles. The van der Waals surface area contributed by atoms with Gasteiger partial charge in [0.25, 0.3) is 9.84 Å². The van der Waals surface area contributed by atoms with Crippen LogP contribution < -0.4 is 14.3 Å². The molecule has 0 N–H and O–H groups in total. The third-order valence-electron chi connectivity index (χ3n) is 4.04. The van der Waals surface area contributed by atoms with Gasteiger partial charge in [-0.15, -0.1) is 0 Å². The van der Waals surface area contributed by atoms with Crippen molar-refractivity contribution in [2.75, 3.05) is 14.2 Å². The highest BCUT2D eigenvalue weighted by atomic mass is 32.2. The first kappa shape index (κ1) is 20.6. The third-order valence-corrected chi connectivity index (χ3v) is 7.43. The van der Waals surface area contributed by atoms with Crippen molar-refractivity contribution < 1.29 is 31.2 Å². The van der Waals surface area contributed by atoms with Crippen LogP contribution in [0.1, 0.15) is 0 Å². The van der Waals surface area contributed by atoms with Crippen LogP contribution in [0.3, 0.4) is 0 Å². The number of methoxy groups -OCH3 is 2. The fraction of sp³-hybridized carbons (Fsp3) is 0.111. The molecule has 0 bridgehead atoms. The second kappa shape index (κ2) is 7.68. The van der Waals surface area contributed by atoms with E-state index < -0.39 is 29.7 Å². The van der Waals surface area contributed by atoms with Crippen molar-refractivity contribution >= 4 is 19.7 Å². The van der Waals surface area contributed by atoms with Gasteiger partial charge in [0.15, 0.2) is 0 Å². The van der Waals surface area contributed by atoms with Crippen LogP contribution >= 0.6 is 0 Å². The van der Waals surface area contributed by atoms with Gasteiger partial charge in [0.1, 0.15) is 11.5 Å². The Labute approximate surface area is 167 Å². The van der Waals surface area contributed by atoms with Crippen molar-refractivity contribution in [3.63, 3.8) is 0 Å². The average Bonchev–Trinajstić information content (AvgIpc) is 2.73. The van der Waals surface area contributed by atoms with Gasteiger partial charge in [-0.2, -0.15) is 0 Å². The lowest BCUT2D eigenvalue weighted by Gasteiger charge is -2.07. The number of hydrogen-bond acceptors (Lipinski definition) is 8. The molecule has 3 aromatic rings. The lowest BCUT2D eigenvalue weighted by molar-refractivity contribution is -0.711. The van der Waals surface area contributed by atoms with Gasteiger partial charge in [0.05, 0.1) is 24.0 Å². The standard InChI is InChI=1S/C18H16N2O7S2/c1-26-13-3-7-15(8-4-13)28(22,23)17-11-12-18(20(21)19-17)29(24,25)16-9-5-14(27-2)6-10-16/h3-12H,1-2H3. The van der Waals surface area contributed by atoms with Crippen molar-refractivity contribution in [1.29, 1.82) is 0 Å². The quantitative estimate of drug-likeness (QED) is 0.419. The molecule has 0 aliphatic carbocycles. The summed E-state index contributed by atoms with van der Waals surface area (Å²) in [6, 6.07) is 12.8. The number of sulfone groups is 2. The molecule has 0 unspecified atom stereocenters. The van der Waals surface area contributed by atoms with E-state index in [1.807, 2.05) is 0 Å². The molecule has 0 saturated heterocycles. The predicted octanol–water partition coefficient (Wildman–Crippen LogP) is 1.40. The van der Waals surface area contributed by atoms with Gasteiger partial charge < -0.3 is 14.7 Å². The average molecular weight is 436 g/mol. The third kappa shape index (κ3) is 3.87. The van der Waals surface area contributed by atoms with Crippen molar-refractivity contribution in [1.82, 2.24) is 5.10 Å². The fourth-order valence-corrected chi connectivity index (χ4v) is 4.86. The van der Waals surface area contributed by atoms with Gasteiger partial charge in [0.2, 0.25) is 14.9 Å². The Hall–Kier alpha value is -3.18. The summed E-state index contributed by atoms with van der Waals surface area (Å²) in [5.74, 6) is 0.898. The molecule has 1 heterocycles. The molecule has 0 saturated carbocycles. The lowest BCUT2D eigenvalue weighted by atomic mass is 10.3. The maximum atomic E-state index is 12.7. The zero-order valence-electron chi connectivity index (χ0n) is 15.3. The van der Waals surface area contributed by atoms with E-state index in [2.05, 4.69) is 5.10 Å². The SMILES string of the molecule is COc1ccc(S(=O)(=O)c2ccc(S(=O)(=O)c3ccc(OC)cc3)[n+]([O-])n2)cc1. The first-order chi connectivity index (χ1) is 13.7. The Balaban J connectivity index is 2.00. The summed E-state index contributed by atoms with van der Waals surface area (Å²) in [6.07, 6.45) is 0. The molecule has 0 atom stereocenters. The number of hydrogen-bond donors (Lipinski definition) is 0. The van der Waals surface area contributed by atoms with E-state index in [0.717, 1.165) is 12.1 Å². The minimum Gasteiger partial charge on any atom is -0.593 e. The number of nitrogens with zero attached hydrogens (tertiary/aromatic N) is 2. The summed E-state index contributed by atoms with van der Waals surface area (Å²) < 4.78 is 60.7. The second-order valence-corrected chi connectivity index (χ2v) is 9.53. The van der Waals surface area contributed by atoms with Crippen LogP contribution in [0.25, 0.3) is 0 Å². The summed E-state index contributed by atoms with van der Waals surface area (Å²) >= 11 is 0. The highest BCUT2D eigenvalue weighted by molar-refractivity contribution is 7.91. The number of ether oxygens (including phenoxy) is 2. The summed E-state index contributed by atoms with van der Waals surface area (Å²) in [5, 5.41) is 14.4. The molecule has 0 radical (unpaired) electrons. The lowest BCUT2D eigenvalue weighted by Crippen LogP contribution is -2.39. The number of benzene rings is 2. The molecule has 11 heteroatoms. The molecule has 0 spiro atoms. The molecule has 0 amide bonds. The first-order valence-electron chi connectivity index (χ1n) is 8.09. The first-order valence-corrected chi connectivity index (χ1v) is 11.1. The molecule has 0 aliphatic rings. The molecule has 0 fully saturated rings. The number of rotatable bonds is 6. The van der Waals surface area contributed by atoms with Crippen LogP contribution in [0.15, 0.2) is 80.5 Å². The number of aromatic nitrogens is 2. The van der Waals surface area contributed by atoms with Gasteiger partial charge in [-0.1, -0.05) is 0 Å². The van der Waals surface area contributed by atoms with E-state index in [1.165, 1.54) is 62.8 Å². The van der Waals surface area contributed by atoms with Gasteiger partial charge >= 0.3 is 5.03 Å². The highest BCUT2D eigenvalue weighted by Gasteiger charge is 2.31. The van der Waals surface area contributed by atoms with E-state index in [1.54, 1.807) is 0 Å². The van der Waals surface area contributed by atoms with Crippen LogP contribution in [0.5, 0.6) is 11.5 Å². The van der Waals surface area contributed by atoms with Crippen LogP contribution in [0.4, 0.5) is 0 Å². The van der Waals surface area contributed by atoms with Gasteiger partial charge in [-0.3, -0.25) is 0 Å². The smallest absolute Gasteiger partial charge is 0.339 e. The minimum absolute atomic E-state index is 0.114. The molecule has 152 valence electrons. The Morgan fingerprint density at radius 1 is 0.724 bits per heavy atom. The van der Waals surface area contributed by atoms with E-state index >= 15 is 0 Å². The highest BCUT2D eigenvalue weighted by Crippen LogP contribution is 2.24. The molecular formula is C18H16N2O7S2. The van der Waals surface area contributed by atoms with E-state index in [0.29, 0.717) is 11.5 Å².